The molecule has 166 valence electrons. The number of hydrogen-bond donors (Lipinski definition) is 1. The van der Waals surface area contributed by atoms with E-state index in [1.807, 2.05) is 30.2 Å². The first-order chi connectivity index (χ1) is 15.0. The highest BCUT2D eigenvalue weighted by molar-refractivity contribution is 7.09. The SMILES string of the molecule is CCC(=O)N1CCc2c(nc([C@@H]3CCCCN3C(=O)[C@@H](C)Cc3cccs3)[nH]c2=O)C1. The van der Waals surface area contributed by atoms with Crippen molar-refractivity contribution in [1.29, 1.82) is 0 Å². The molecule has 1 N–H and O–H groups in total. The molecule has 0 aromatic carbocycles. The van der Waals surface area contributed by atoms with Crippen molar-refractivity contribution in [1.82, 2.24) is 19.8 Å². The average Bonchev–Trinajstić information content (AvgIpc) is 3.30. The maximum Gasteiger partial charge on any atom is 0.254 e. The Bertz CT molecular complexity index is 1000. The molecule has 8 heteroatoms. The Morgan fingerprint density at radius 2 is 2.16 bits per heavy atom. The predicted octanol–water partition coefficient (Wildman–Crippen LogP) is 3.06. The minimum absolute atomic E-state index is 0.0751. The summed E-state index contributed by atoms with van der Waals surface area (Å²) in [7, 11) is 0. The van der Waals surface area contributed by atoms with Crippen LogP contribution in [0.25, 0.3) is 0 Å². The standard InChI is InChI=1S/C23H30N4O3S/c1-3-20(28)26-11-9-17-18(14-26)24-21(25-22(17)29)19-8-4-5-10-27(19)23(30)15(2)13-16-7-6-12-31-16/h6-7,12,15,19H,3-5,8-11,13-14H2,1-2H3,(H,24,25,29)/t15-,19-/m0/s1. The first kappa shape index (κ1) is 21.7. The van der Waals surface area contributed by atoms with Crippen LogP contribution in [0.5, 0.6) is 0 Å². The number of aromatic nitrogens is 2. The fourth-order valence-corrected chi connectivity index (χ4v) is 5.47. The van der Waals surface area contributed by atoms with Gasteiger partial charge in [-0.25, -0.2) is 4.98 Å². The van der Waals surface area contributed by atoms with Gasteiger partial charge in [-0.05, 0) is 43.6 Å². The Morgan fingerprint density at radius 3 is 2.90 bits per heavy atom. The van der Waals surface area contributed by atoms with E-state index >= 15 is 0 Å². The van der Waals surface area contributed by atoms with E-state index in [-0.39, 0.29) is 29.3 Å². The molecule has 0 saturated carbocycles. The van der Waals surface area contributed by atoms with Gasteiger partial charge in [0.25, 0.3) is 5.56 Å². The number of piperidine rings is 1. The number of amides is 2. The van der Waals surface area contributed by atoms with Crippen molar-refractivity contribution in [3.63, 3.8) is 0 Å². The fourth-order valence-electron chi connectivity index (χ4n) is 4.63. The van der Waals surface area contributed by atoms with Crippen molar-refractivity contribution < 1.29 is 9.59 Å². The zero-order valence-corrected chi connectivity index (χ0v) is 19.0. The van der Waals surface area contributed by atoms with Crippen LogP contribution in [0.1, 0.15) is 67.5 Å². The van der Waals surface area contributed by atoms with Gasteiger partial charge in [-0.1, -0.05) is 19.9 Å². The van der Waals surface area contributed by atoms with Crippen LogP contribution in [0.4, 0.5) is 0 Å². The van der Waals surface area contributed by atoms with Gasteiger partial charge < -0.3 is 14.8 Å². The number of rotatable bonds is 5. The molecule has 0 bridgehead atoms. The van der Waals surface area contributed by atoms with E-state index < -0.39 is 0 Å². The number of aromatic amines is 1. The van der Waals surface area contributed by atoms with E-state index in [2.05, 4.69) is 11.1 Å². The Morgan fingerprint density at radius 1 is 1.32 bits per heavy atom. The minimum Gasteiger partial charge on any atom is -0.336 e. The molecule has 1 saturated heterocycles. The topological polar surface area (TPSA) is 86.4 Å². The number of fused-ring (bicyclic) bond motifs is 1. The third kappa shape index (κ3) is 4.59. The molecule has 0 aliphatic carbocycles. The molecule has 0 spiro atoms. The van der Waals surface area contributed by atoms with Crippen molar-refractivity contribution >= 4 is 23.2 Å². The van der Waals surface area contributed by atoms with Crippen LogP contribution in [0.15, 0.2) is 22.3 Å². The number of hydrogen-bond acceptors (Lipinski definition) is 5. The first-order valence-electron chi connectivity index (χ1n) is 11.2. The monoisotopic (exact) mass is 442 g/mol. The molecule has 0 radical (unpaired) electrons. The highest BCUT2D eigenvalue weighted by atomic mass is 32.1. The molecule has 2 aliphatic heterocycles. The lowest BCUT2D eigenvalue weighted by Crippen LogP contribution is -2.44. The normalized spacial score (nSPS) is 19.7. The highest BCUT2D eigenvalue weighted by Crippen LogP contribution is 2.31. The average molecular weight is 443 g/mol. The number of nitrogens with one attached hydrogen (secondary N) is 1. The third-order valence-electron chi connectivity index (χ3n) is 6.36. The van der Waals surface area contributed by atoms with E-state index in [0.717, 1.165) is 25.7 Å². The lowest BCUT2D eigenvalue weighted by atomic mass is 9.97. The number of thiophene rings is 1. The number of likely N-dealkylation sites (tertiary alicyclic amines) is 1. The van der Waals surface area contributed by atoms with Gasteiger partial charge in [0.15, 0.2) is 0 Å². The second-order valence-electron chi connectivity index (χ2n) is 8.52. The molecule has 0 unspecified atom stereocenters. The lowest BCUT2D eigenvalue weighted by Gasteiger charge is -2.37. The van der Waals surface area contributed by atoms with Crippen molar-refractivity contribution in [2.75, 3.05) is 13.1 Å². The van der Waals surface area contributed by atoms with Crippen LogP contribution in [-0.4, -0.2) is 44.7 Å². The van der Waals surface area contributed by atoms with Crippen LogP contribution in [0, 0.1) is 5.92 Å². The molecule has 2 atom stereocenters. The maximum absolute atomic E-state index is 13.3. The fraction of sp³-hybridized carbons (Fsp3) is 0.565. The second-order valence-corrected chi connectivity index (χ2v) is 9.56. The molecule has 4 heterocycles. The summed E-state index contributed by atoms with van der Waals surface area (Å²) in [5.41, 5.74) is 1.22. The number of carbonyl (C=O) groups is 2. The Balaban J connectivity index is 1.58. The third-order valence-corrected chi connectivity index (χ3v) is 7.26. The smallest absolute Gasteiger partial charge is 0.254 e. The van der Waals surface area contributed by atoms with Crippen molar-refractivity contribution in [3.05, 3.63) is 49.8 Å². The summed E-state index contributed by atoms with van der Waals surface area (Å²) in [6.07, 6.45) is 4.43. The van der Waals surface area contributed by atoms with Crippen molar-refractivity contribution in [2.45, 2.75) is 65.0 Å². The summed E-state index contributed by atoms with van der Waals surface area (Å²) >= 11 is 1.67. The molecular formula is C23H30N4O3S. The van der Waals surface area contributed by atoms with Crippen LogP contribution in [0.2, 0.25) is 0 Å². The molecule has 2 aromatic heterocycles. The zero-order chi connectivity index (χ0) is 22.0. The van der Waals surface area contributed by atoms with Gasteiger partial charge in [0, 0.05) is 35.9 Å². The highest BCUT2D eigenvalue weighted by Gasteiger charge is 2.33. The molecule has 31 heavy (non-hydrogen) atoms. The van der Waals surface area contributed by atoms with E-state index in [1.165, 1.54) is 4.88 Å². The van der Waals surface area contributed by atoms with Gasteiger partial charge in [0.2, 0.25) is 11.8 Å². The summed E-state index contributed by atoms with van der Waals surface area (Å²) in [5.74, 6) is 0.625. The van der Waals surface area contributed by atoms with Gasteiger partial charge >= 0.3 is 0 Å². The number of carbonyl (C=O) groups excluding carboxylic acids is 2. The van der Waals surface area contributed by atoms with Crippen LogP contribution in [-0.2, 0) is 29.0 Å². The van der Waals surface area contributed by atoms with Gasteiger partial charge in [0.05, 0.1) is 18.3 Å². The quantitative estimate of drug-likeness (QED) is 0.771. The van der Waals surface area contributed by atoms with Crippen molar-refractivity contribution in [3.8, 4) is 0 Å². The second kappa shape index (κ2) is 9.34. The van der Waals surface area contributed by atoms with E-state index in [4.69, 9.17) is 4.98 Å². The molecule has 2 aliphatic rings. The molecule has 4 rings (SSSR count). The van der Waals surface area contributed by atoms with Gasteiger partial charge in [0.1, 0.15) is 5.82 Å². The summed E-state index contributed by atoms with van der Waals surface area (Å²) in [4.78, 5) is 50.9. The number of nitrogens with zero attached hydrogens (tertiary/aromatic N) is 3. The molecule has 2 aromatic rings. The Hall–Kier alpha value is -2.48. The van der Waals surface area contributed by atoms with Gasteiger partial charge in [-0.2, -0.15) is 0 Å². The van der Waals surface area contributed by atoms with E-state index in [1.54, 1.807) is 16.2 Å². The van der Waals surface area contributed by atoms with Gasteiger partial charge in [-0.3, -0.25) is 14.4 Å². The van der Waals surface area contributed by atoms with E-state index in [0.29, 0.717) is 49.6 Å². The summed E-state index contributed by atoms with van der Waals surface area (Å²) in [6, 6.07) is 3.85. The minimum atomic E-state index is -0.220. The van der Waals surface area contributed by atoms with Gasteiger partial charge in [-0.15, -0.1) is 11.3 Å². The number of H-pyrrole nitrogens is 1. The first-order valence-corrected chi connectivity index (χ1v) is 12.1. The Kier molecular flexibility index (Phi) is 6.55. The lowest BCUT2D eigenvalue weighted by molar-refractivity contribution is -0.139. The van der Waals surface area contributed by atoms with Crippen LogP contribution in [0.3, 0.4) is 0 Å². The maximum atomic E-state index is 13.3. The molecule has 1 fully saturated rings. The molecular weight excluding hydrogens is 412 g/mol. The molecule has 2 amide bonds. The zero-order valence-electron chi connectivity index (χ0n) is 18.2. The molecule has 7 nitrogen and oxygen atoms in total. The summed E-state index contributed by atoms with van der Waals surface area (Å²) in [5, 5.41) is 2.03. The largest absolute Gasteiger partial charge is 0.336 e. The predicted molar refractivity (Wildman–Crippen MR) is 120 cm³/mol. The Labute approximate surface area is 186 Å². The van der Waals surface area contributed by atoms with Crippen LogP contribution >= 0.6 is 11.3 Å². The van der Waals surface area contributed by atoms with Crippen molar-refractivity contribution in [2.24, 2.45) is 5.92 Å². The van der Waals surface area contributed by atoms with Crippen LogP contribution < -0.4 is 5.56 Å². The van der Waals surface area contributed by atoms with E-state index in [9.17, 15) is 14.4 Å². The summed E-state index contributed by atoms with van der Waals surface area (Å²) in [6.45, 7) is 5.42. The summed E-state index contributed by atoms with van der Waals surface area (Å²) < 4.78 is 0.